The number of phosphoric ester groups is 1. The van der Waals surface area contributed by atoms with Crippen molar-refractivity contribution >= 4 is 22.3 Å². The van der Waals surface area contributed by atoms with Gasteiger partial charge in [-0.2, -0.15) is 13.5 Å². The number of amides is 1. The number of nitrogens with one attached hydrogen (secondary N) is 1. The summed E-state index contributed by atoms with van der Waals surface area (Å²) in [7, 11) is -9.24. The summed E-state index contributed by atoms with van der Waals surface area (Å²) in [6, 6.07) is 2.10. The predicted molar refractivity (Wildman–Crippen MR) is 111 cm³/mol. The summed E-state index contributed by atoms with van der Waals surface area (Å²) in [5.41, 5.74) is -0.328. The summed E-state index contributed by atoms with van der Waals surface area (Å²) in [4.78, 5) is 66.1. The van der Waals surface area contributed by atoms with Crippen LogP contribution in [-0.2, 0) is 4.57 Å². The molecule has 2 N–H and O–H groups in total. The first kappa shape index (κ1) is 43.2. The first-order valence-electron chi connectivity index (χ1n) is 10.1. The zero-order valence-corrected chi connectivity index (χ0v) is 32.9. The van der Waals surface area contributed by atoms with Gasteiger partial charge in [0, 0.05) is 19.5 Å². The fraction of sp³-hybridized carbons (Fsp3) is 0.333. The van der Waals surface area contributed by atoms with Crippen LogP contribution in [0.4, 0.5) is 0 Å². The van der Waals surface area contributed by atoms with Crippen molar-refractivity contribution < 1.29 is 171 Å². The van der Waals surface area contributed by atoms with E-state index in [1.54, 1.807) is 20.8 Å². The molecule has 0 bridgehead atoms. The average Bonchev–Trinajstić information content (AvgIpc) is 3.38. The number of phosphoric acid groups is 1. The summed E-state index contributed by atoms with van der Waals surface area (Å²) >= 11 is 0. The molecule has 22 heteroatoms. The molecule has 2 aromatic heterocycles. The third-order valence-corrected chi connectivity index (χ3v) is 5.29. The van der Waals surface area contributed by atoms with E-state index in [0.29, 0.717) is 0 Å². The van der Waals surface area contributed by atoms with E-state index in [4.69, 9.17) is 13.9 Å². The number of hydrogen-bond donors (Lipinski definition) is 2. The van der Waals surface area contributed by atoms with E-state index in [1.165, 1.54) is 13.0 Å². The third kappa shape index (κ3) is 11.2. The molecule has 0 aliphatic carbocycles. The molecule has 16 nitrogen and oxygen atoms in total. The summed E-state index contributed by atoms with van der Waals surface area (Å²) in [5, 5.41) is 19.7. The fourth-order valence-electron chi connectivity index (χ4n) is 3.08. The molecular formula is C18H19N5Na4O11P2. The van der Waals surface area contributed by atoms with E-state index in [2.05, 4.69) is 25.1 Å². The summed E-state index contributed by atoms with van der Waals surface area (Å²) in [5.74, 6) is -2.39. The first-order chi connectivity index (χ1) is 16.8. The van der Waals surface area contributed by atoms with E-state index in [-0.39, 0.29) is 165 Å². The van der Waals surface area contributed by atoms with Gasteiger partial charge in [-0.05, 0) is 29.5 Å². The Kier molecular flexibility index (Phi) is 20.3. The molecule has 3 aromatic rings. The van der Waals surface area contributed by atoms with E-state index in [9.17, 15) is 34.1 Å². The Morgan fingerprint density at radius 3 is 2.25 bits per heavy atom. The van der Waals surface area contributed by atoms with Crippen LogP contribution in [0.5, 0.6) is 11.5 Å². The second-order valence-corrected chi connectivity index (χ2v) is 9.29. The monoisotopic (exact) mass is 635 g/mol. The molecule has 0 saturated carbocycles. The second kappa shape index (κ2) is 18.8. The molecule has 1 aromatic carbocycles. The Bertz CT molecular complexity index is 1310. The van der Waals surface area contributed by atoms with Crippen molar-refractivity contribution in [2.45, 2.75) is 33.6 Å². The maximum absolute atomic E-state index is 12.6. The van der Waals surface area contributed by atoms with Crippen molar-refractivity contribution in [2.24, 2.45) is 0 Å². The van der Waals surface area contributed by atoms with Gasteiger partial charge in [0.1, 0.15) is 19.1 Å². The first-order valence-corrected chi connectivity index (χ1v) is 12.7. The van der Waals surface area contributed by atoms with Gasteiger partial charge in [-0.1, -0.05) is 24.2 Å². The Labute approximate surface area is 318 Å². The largest absolute Gasteiger partial charge is 1.00 e. The van der Waals surface area contributed by atoms with Crippen LogP contribution in [0.2, 0.25) is 0 Å². The molecular weight excluding hydrogens is 616 g/mol. The Hall–Kier alpha value is 1.06. The molecule has 0 aliphatic rings. The number of aromatic nitrogens is 3. The number of nitrogens with zero attached hydrogens (tertiary/aromatic N) is 4. The quantitative estimate of drug-likeness (QED) is 0.119. The topological polar surface area (TPSA) is 245 Å². The van der Waals surface area contributed by atoms with Crippen LogP contribution in [0.1, 0.15) is 48.6 Å². The normalized spacial score (nSPS) is 10.8. The summed E-state index contributed by atoms with van der Waals surface area (Å²) in [6.07, 6.45) is 0. The predicted octanol–water partition coefficient (Wildman–Crippen LogP) is -12.3. The van der Waals surface area contributed by atoms with Gasteiger partial charge in [0.2, 0.25) is 11.7 Å². The van der Waals surface area contributed by atoms with Gasteiger partial charge >= 0.3 is 118 Å². The van der Waals surface area contributed by atoms with E-state index >= 15 is 0 Å². The molecule has 196 valence electrons. The smallest absolute Gasteiger partial charge is 0.826 e. The molecule has 0 aliphatic heterocycles. The van der Waals surface area contributed by atoms with Crippen LogP contribution in [0.25, 0.3) is 22.7 Å². The van der Waals surface area contributed by atoms with Gasteiger partial charge in [0.05, 0.1) is 5.56 Å². The van der Waals surface area contributed by atoms with Crippen molar-refractivity contribution in [3.8, 4) is 34.2 Å². The van der Waals surface area contributed by atoms with Crippen molar-refractivity contribution in [3.05, 3.63) is 29.3 Å². The van der Waals surface area contributed by atoms with Gasteiger partial charge in [-0.25, -0.2) is 0 Å². The van der Waals surface area contributed by atoms with Crippen LogP contribution >= 0.6 is 16.3 Å². The van der Waals surface area contributed by atoms with E-state index < -0.39 is 44.7 Å². The van der Waals surface area contributed by atoms with Crippen molar-refractivity contribution in [3.63, 3.8) is 0 Å². The number of rotatable bonds is 10. The van der Waals surface area contributed by atoms with E-state index in [1.807, 2.05) is 0 Å². The number of hydrogen-bond acceptors (Lipinski definition) is 15. The maximum atomic E-state index is 12.6. The number of carbonyl (C=O) groups excluding carboxylic acids is 1. The average molecular weight is 635 g/mol. The standard InChI is InChI=1S/C18H21N5O11P2.4Na/c1-5-19-18(24)15-14(17-20-9(4)31-22-17)16(32-21-15)11-6-10(8(2)3)13(34-36(28,29)30)7-12(11)33-23(25)35(26)27;;;;/h6-8,25H,5H2,1-4H3,(H,19,24)(H2,28,29,30);;;;/q-2;4*+1/p-2. The SMILES string of the molecule is CCNC(=O)c1noc(-c2cc(C(C)C)c(OP(=O)([O-])[O-])cc2ON(O)P([O-])[O-])c1-c1noc(C)n1.[Na+].[Na+].[Na+].[Na+]. The minimum atomic E-state index is -5.56. The molecule has 0 atom stereocenters. The Morgan fingerprint density at radius 1 is 1.15 bits per heavy atom. The van der Waals surface area contributed by atoms with Gasteiger partial charge in [0.25, 0.3) is 5.91 Å². The van der Waals surface area contributed by atoms with Crippen LogP contribution in [0.3, 0.4) is 0 Å². The molecule has 1 amide bonds. The molecule has 2 heterocycles. The minimum Gasteiger partial charge on any atom is -0.826 e. The Morgan fingerprint density at radius 2 is 1.77 bits per heavy atom. The van der Waals surface area contributed by atoms with E-state index in [0.717, 1.165) is 6.07 Å². The summed E-state index contributed by atoms with van der Waals surface area (Å²) in [6.45, 7) is 6.69. The van der Waals surface area contributed by atoms with Gasteiger partial charge in [-0.3, -0.25) is 10.0 Å². The Balaban J connectivity index is 0. The fourth-order valence-corrected chi connectivity index (χ4v) is 3.64. The molecule has 0 saturated heterocycles. The van der Waals surface area contributed by atoms with Gasteiger partial charge < -0.3 is 47.9 Å². The number of benzene rings is 1. The van der Waals surface area contributed by atoms with Crippen molar-refractivity contribution in [2.75, 3.05) is 6.54 Å². The molecule has 40 heavy (non-hydrogen) atoms. The van der Waals surface area contributed by atoms with Gasteiger partial charge in [0.15, 0.2) is 17.2 Å². The molecule has 0 radical (unpaired) electrons. The maximum Gasteiger partial charge on any atom is 1.00 e. The van der Waals surface area contributed by atoms with Crippen molar-refractivity contribution in [1.29, 1.82) is 0 Å². The minimum absolute atomic E-state index is 0. The second-order valence-electron chi connectivity index (χ2n) is 7.39. The number of aryl methyl sites for hydroxylation is 1. The summed E-state index contributed by atoms with van der Waals surface area (Å²) < 4.78 is 26.2. The zero-order valence-electron chi connectivity index (χ0n) is 23.2. The molecule has 0 unspecified atom stereocenters. The third-order valence-electron chi connectivity index (χ3n) is 4.50. The molecule has 0 spiro atoms. The van der Waals surface area contributed by atoms with Crippen LogP contribution in [0, 0.1) is 6.92 Å². The zero-order chi connectivity index (χ0) is 26.8. The van der Waals surface area contributed by atoms with Crippen molar-refractivity contribution in [1.82, 2.24) is 25.6 Å². The molecule has 3 rings (SSSR count). The van der Waals surface area contributed by atoms with Crippen LogP contribution in [0.15, 0.2) is 21.2 Å². The molecule has 0 fully saturated rings. The van der Waals surface area contributed by atoms with Crippen LogP contribution in [-0.4, -0.2) is 38.0 Å². The number of carbonyl (C=O) groups is 1. The van der Waals surface area contributed by atoms with Gasteiger partial charge in [-0.15, -0.1) is 0 Å². The van der Waals surface area contributed by atoms with Crippen LogP contribution < -0.4 is 152 Å².